The summed E-state index contributed by atoms with van der Waals surface area (Å²) in [4.78, 5) is 42.5. The number of hydrogen-bond donors (Lipinski definition) is 3. The summed E-state index contributed by atoms with van der Waals surface area (Å²) < 4.78 is 0. The molecule has 0 aliphatic carbocycles. The molecule has 2 aliphatic rings. The maximum Gasteiger partial charge on any atom is 0.265 e. The van der Waals surface area contributed by atoms with Crippen molar-refractivity contribution in [2.24, 2.45) is 0 Å². The number of likely N-dealkylation sites (tertiary alicyclic amines) is 1. The highest BCUT2D eigenvalue weighted by Crippen LogP contribution is 2.35. The molecule has 1 aromatic carbocycles. The number of carbonyl (C=O) groups is 3. The molecule has 3 rings (SSSR count). The van der Waals surface area contributed by atoms with E-state index >= 15 is 0 Å². The first-order valence-electron chi connectivity index (χ1n) is 13.8. The van der Waals surface area contributed by atoms with E-state index in [9.17, 15) is 19.6 Å². The molecule has 2 fully saturated rings. The smallest absolute Gasteiger partial charge is 0.265 e. The molecule has 0 saturated carbocycles. The minimum Gasteiger partial charge on any atom is -0.379 e. The predicted octanol–water partition coefficient (Wildman–Crippen LogP) is 4.50. The Balaban J connectivity index is 0.00000274. The number of nitriles is 1. The lowest BCUT2D eigenvalue weighted by Gasteiger charge is -2.27. The van der Waals surface area contributed by atoms with Gasteiger partial charge in [0.15, 0.2) is 0 Å². The SMILES string of the molecule is C=CCN(C)C(=O)/C(C#N)=C1\SC(=CC(C)Nc2cccc(NC(=O)CCN3CCCC3)c2)C(=O)NC1C.CC. The lowest BCUT2D eigenvalue weighted by atomic mass is 10.1. The third-order valence-electron chi connectivity index (χ3n) is 6.30. The molecular formula is C30H42N6O3S. The maximum atomic E-state index is 12.8. The van der Waals surface area contributed by atoms with E-state index in [0.29, 0.717) is 28.5 Å². The van der Waals surface area contributed by atoms with Crippen LogP contribution in [0.3, 0.4) is 0 Å². The number of thioether (sulfide) groups is 1. The number of nitrogens with zero attached hydrogens (tertiary/aromatic N) is 3. The van der Waals surface area contributed by atoms with E-state index in [2.05, 4.69) is 27.4 Å². The fourth-order valence-electron chi connectivity index (χ4n) is 4.35. The molecule has 10 heteroatoms. The summed E-state index contributed by atoms with van der Waals surface area (Å²) in [5, 5.41) is 18.9. The number of hydrogen-bond acceptors (Lipinski definition) is 7. The highest BCUT2D eigenvalue weighted by atomic mass is 32.2. The Morgan fingerprint density at radius 2 is 1.98 bits per heavy atom. The van der Waals surface area contributed by atoms with Crippen LogP contribution in [-0.2, 0) is 14.4 Å². The fraction of sp³-hybridized carbons (Fsp3) is 0.467. The zero-order chi connectivity index (χ0) is 29.7. The normalized spacial score (nSPS) is 19.9. The topological polar surface area (TPSA) is 118 Å². The van der Waals surface area contributed by atoms with E-state index in [1.807, 2.05) is 51.1 Å². The van der Waals surface area contributed by atoms with Crippen molar-refractivity contribution in [2.75, 3.05) is 43.9 Å². The number of nitrogens with one attached hydrogen (secondary N) is 3. The van der Waals surface area contributed by atoms with Gasteiger partial charge in [-0.1, -0.05) is 37.8 Å². The van der Waals surface area contributed by atoms with Crippen LogP contribution >= 0.6 is 11.8 Å². The molecule has 2 atom stereocenters. The zero-order valence-corrected chi connectivity index (χ0v) is 25.1. The summed E-state index contributed by atoms with van der Waals surface area (Å²) in [6.07, 6.45) is 6.21. The standard InChI is InChI=1S/C28H36N6O3S.C2H6/c1-5-12-33(4)28(37)23(18-29)26-20(3)31-27(36)24(38-26)16-19(2)30-21-9-8-10-22(17-21)32-25(35)11-15-34-13-6-7-14-34;1-2/h5,8-10,16-17,19-20,30H,1,6-7,11-15H2,2-4H3,(H,31,36)(H,32,35);1-2H3/b24-16?,26-23-;. The predicted molar refractivity (Wildman–Crippen MR) is 164 cm³/mol. The Morgan fingerprint density at radius 1 is 1.30 bits per heavy atom. The van der Waals surface area contributed by atoms with Crippen LogP contribution in [-0.4, -0.2) is 72.8 Å². The molecule has 3 N–H and O–H groups in total. The Labute approximate surface area is 242 Å². The largest absolute Gasteiger partial charge is 0.379 e. The van der Waals surface area contributed by atoms with Crippen LogP contribution in [0.5, 0.6) is 0 Å². The van der Waals surface area contributed by atoms with Crippen molar-refractivity contribution in [2.45, 2.75) is 59.0 Å². The van der Waals surface area contributed by atoms with Gasteiger partial charge < -0.3 is 25.8 Å². The molecule has 40 heavy (non-hydrogen) atoms. The molecule has 2 saturated heterocycles. The van der Waals surface area contributed by atoms with Gasteiger partial charge in [-0.05, 0) is 64.1 Å². The fourth-order valence-corrected chi connectivity index (χ4v) is 5.48. The summed E-state index contributed by atoms with van der Waals surface area (Å²) in [7, 11) is 1.60. The Morgan fingerprint density at radius 3 is 2.62 bits per heavy atom. The summed E-state index contributed by atoms with van der Waals surface area (Å²) in [5.74, 6) is -0.694. The van der Waals surface area contributed by atoms with Crippen molar-refractivity contribution in [1.82, 2.24) is 15.1 Å². The van der Waals surface area contributed by atoms with Crippen molar-refractivity contribution >= 4 is 40.9 Å². The van der Waals surface area contributed by atoms with Crippen LogP contribution in [0, 0.1) is 11.3 Å². The number of rotatable bonds is 10. The summed E-state index contributed by atoms with van der Waals surface area (Å²) in [6, 6.07) is 8.75. The molecule has 0 spiro atoms. The number of anilines is 2. The molecular weight excluding hydrogens is 524 g/mol. The van der Waals surface area contributed by atoms with Gasteiger partial charge in [0.25, 0.3) is 11.8 Å². The highest BCUT2D eigenvalue weighted by Gasteiger charge is 2.31. The molecule has 2 unspecified atom stereocenters. The van der Waals surface area contributed by atoms with Crippen molar-refractivity contribution in [1.29, 1.82) is 5.26 Å². The molecule has 2 heterocycles. The van der Waals surface area contributed by atoms with Crippen LogP contribution in [0.25, 0.3) is 0 Å². The Kier molecular flexibility index (Phi) is 13.5. The number of benzene rings is 1. The number of amides is 3. The van der Waals surface area contributed by atoms with Crippen LogP contribution in [0.1, 0.15) is 47.0 Å². The summed E-state index contributed by atoms with van der Waals surface area (Å²) >= 11 is 1.14. The van der Waals surface area contributed by atoms with Crippen LogP contribution in [0.15, 0.2) is 58.4 Å². The second-order valence-corrected chi connectivity index (χ2v) is 10.6. The van der Waals surface area contributed by atoms with Gasteiger partial charge in [0, 0.05) is 48.9 Å². The zero-order valence-electron chi connectivity index (χ0n) is 24.3. The van der Waals surface area contributed by atoms with E-state index in [4.69, 9.17) is 0 Å². The second kappa shape index (κ2) is 16.5. The first-order chi connectivity index (χ1) is 19.2. The first kappa shape index (κ1) is 32.7. The van der Waals surface area contributed by atoms with E-state index in [-0.39, 0.29) is 23.4 Å². The van der Waals surface area contributed by atoms with Gasteiger partial charge in [0.1, 0.15) is 11.6 Å². The average molecular weight is 567 g/mol. The highest BCUT2D eigenvalue weighted by molar-refractivity contribution is 8.07. The molecule has 0 radical (unpaired) electrons. The van der Waals surface area contributed by atoms with Crippen molar-refractivity contribution in [3.05, 3.63) is 58.4 Å². The van der Waals surface area contributed by atoms with Crippen LogP contribution in [0.4, 0.5) is 11.4 Å². The van der Waals surface area contributed by atoms with Gasteiger partial charge in [-0.3, -0.25) is 14.4 Å². The van der Waals surface area contributed by atoms with Gasteiger partial charge >= 0.3 is 0 Å². The molecule has 216 valence electrons. The third kappa shape index (κ3) is 9.57. The number of likely N-dealkylation sites (N-methyl/N-ethyl adjacent to an activating group) is 1. The minimum atomic E-state index is -0.464. The quantitative estimate of drug-likeness (QED) is 0.217. The van der Waals surface area contributed by atoms with Crippen LogP contribution in [0.2, 0.25) is 0 Å². The molecule has 0 bridgehead atoms. The maximum absolute atomic E-state index is 12.8. The lowest BCUT2D eigenvalue weighted by Crippen LogP contribution is -2.40. The van der Waals surface area contributed by atoms with E-state index in [1.165, 1.54) is 17.7 Å². The lowest BCUT2D eigenvalue weighted by molar-refractivity contribution is -0.125. The van der Waals surface area contributed by atoms with Crippen molar-refractivity contribution < 1.29 is 14.4 Å². The molecule has 0 aromatic heterocycles. The summed E-state index contributed by atoms with van der Waals surface area (Å²) in [6.45, 7) is 14.5. The van der Waals surface area contributed by atoms with Gasteiger partial charge in [-0.15, -0.1) is 6.58 Å². The van der Waals surface area contributed by atoms with E-state index in [1.54, 1.807) is 26.1 Å². The van der Waals surface area contributed by atoms with Crippen LogP contribution < -0.4 is 16.0 Å². The van der Waals surface area contributed by atoms with Gasteiger partial charge in [0.2, 0.25) is 5.91 Å². The Bertz CT molecular complexity index is 1170. The second-order valence-electron chi connectivity index (χ2n) is 9.51. The molecule has 2 aliphatic heterocycles. The minimum absolute atomic E-state index is 0.00605. The third-order valence-corrected chi connectivity index (χ3v) is 7.62. The van der Waals surface area contributed by atoms with E-state index < -0.39 is 11.9 Å². The monoisotopic (exact) mass is 566 g/mol. The average Bonchev–Trinajstić information content (AvgIpc) is 3.45. The van der Waals surface area contributed by atoms with Gasteiger partial charge in [-0.25, -0.2) is 0 Å². The first-order valence-corrected chi connectivity index (χ1v) is 14.6. The Hall–Kier alpha value is -3.55. The van der Waals surface area contributed by atoms with Crippen molar-refractivity contribution in [3.63, 3.8) is 0 Å². The van der Waals surface area contributed by atoms with E-state index in [0.717, 1.165) is 37.1 Å². The number of carbonyl (C=O) groups excluding carboxylic acids is 3. The van der Waals surface area contributed by atoms with Crippen molar-refractivity contribution in [3.8, 4) is 6.07 Å². The molecule has 3 amide bonds. The summed E-state index contributed by atoms with van der Waals surface area (Å²) in [5.41, 5.74) is 1.49. The molecule has 1 aromatic rings. The molecule has 9 nitrogen and oxygen atoms in total. The van der Waals surface area contributed by atoms with Gasteiger partial charge in [-0.2, -0.15) is 5.26 Å². The van der Waals surface area contributed by atoms with Gasteiger partial charge in [0.05, 0.1) is 10.9 Å².